The van der Waals surface area contributed by atoms with Crippen LogP contribution in [-0.4, -0.2) is 61.3 Å². The van der Waals surface area contributed by atoms with Crippen LogP contribution < -0.4 is 5.32 Å². The number of amides is 1. The van der Waals surface area contributed by atoms with E-state index in [1.54, 1.807) is 11.1 Å². The molecule has 1 saturated heterocycles. The Morgan fingerprint density at radius 3 is 2.80 bits per heavy atom. The lowest BCUT2D eigenvalue weighted by Gasteiger charge is -2.45. The number of carbonyl (C=O) groups excluding carboxylic acids is 1. The number of aromatic nitrogens is 4. The first-order valence-electron chi connectivity index (χ1n) is 8.50. The number of carbonyl (C=O) groups is 1. The summed E-state index contributed by atoms with van der Waals surface area (Å²) < 4.78 is 0. The normalized spacial score (nSPS) is 15.8. The molecule has 2 aromatic heterocycles. The Balaban J connectivity index is 1.68. The SMILES string of the molecule is CCC1(O)CN(C(=O)c2nc(C)c(C)c(NCCc3cn[nH]c3)n2)C1. The van der Waals surface area contributed by atoms with Gasteiger partial charge in [0.15, 0.2) is 0 Å². The van der Waals surface area contributed by atoms with Crippen LogP contribution >= 0.6 is 0 Å². The first-order valence-corrected chi connectivity index (χ1v) is 8.50. The molecule has 8 nitrogen and oxygen atoms in total. The van der Waals surface area contributed by atoms with Crippen LogP contribution in [-0.2, 0) is 6.42 Å². The predicted octanol–water partition coefficient (Wildman–Crippen LogP) is 1.07. The maximum absolute atomic E-state index is 12.6. The third kappa shape index (κ3) is 3.63. The molecule has 1 amide bonds. The van der Waals surface area contributed by atoms with Crippen molar-refractivity contribution in [2.75, 3.05) is 25.0 Å². The summed E-state index contributed by atoms with van der Waals surface area (Å²) in [6.45, 7) is 7.07. The van der Waals surface area contributed by atoms with Gasteiger partial charge in [0.25, 0.3) is 5.91 Å². The zero-order valence-electron chi connectivity index (χ0n) is 14.8. The number of β-amino-alcohol motifs (C(OH)–C–C–N with tert-alkyl or cyclic N) is 1. The number of aromatic amines is 1. The van der Waals surface area contributed by atoms with Gasteiger partial charge in [-0.1, -0.05) is 6.92 Å². The molecule has 25 heavy (non-hydrogen) atoms. The van der Waals surface area contributed by atoms with Crippen LogP contribution in [0.5, 0.6) is 0 Å². The van der Waals surface area contributed by atoms with Crippen LogP contribution in [0.2, 0.25) is 0 Å². The zero-order chi connectivity index (χ0) is 18.0. The third-order valence-corrected chi connectivity index (χ3v) is 4.76. The number of rotatable bonds is 6. The minimum Gasteiger partial charge on any atom is -0.386 e. The maximum Gasteiger partial charge on any atom is 0.291 e. The number of H-pyrrole nitrogens is 1. The molecule has 134 valence electrons. The molecule has 0 radical (unpaired) electrons. The van der Waals surface area contributed by atoms with Crippen molar-refractivity contribution in [2.45, 2.75) is 39.2 Å². The van der Waals surface area contributed by atoms with Gasteiger partial charge in [0.2, 0.25) is 5.82 Å². The number of anilines is 1. The smallest absolute Gasteiger partial charge is 0.291 e. The highest BCUT2D eigenvalue weighted by atomic mass is 16.3. The second-order valence-electron chi connectivity index (χ2n) is 6.63. The van der Waals surface area contributed by atoms with E-state index in [4.69, 9.17) is 0 Å². The molecule has 1 aliphatic rings. The summed E-state index contributed by atoms with van der Waals surface area (Å²) in [5, 5.41) is 20.1. The van der Waals surface area contributed by atoms with Crippen molar-refractivity contribution in [1.82, 2.24) is 25.1 Å². The molecule has 3 rings (SSSR count). The lowest BCUT2D eigenvalue weighted by atomic mass is 9.91. The van der Waals surface area contributed by atoms with Crippen LogP contribution in [0.15, 0.2) is 12.4 Å². The second kappa shape index (κ2) is 6.79. The standard InChI is InChI=1S/C17H24N6O2/c1-4-17(25)9-23(10-17)16(24)15-21-12(3)11(2)14(22-15)18-6-5-13-7-19-20-8-13/h7-8,25H,4-6,9-10H2,1-3H3,(H,19,20)(H,18,21,22). The van der Waals surface area contributed by atoms with Gasteiger partial charge in [0.05, 0.1) is 24.9 Å². The lowest BCUT2D eigenvalue weighted by Crippen LogP contribution is -2.63. The molecule has 0 spiro atoms. The number of nitrogens with one attached hydrogen (secondary N) is 2. The predicted molar refractivity (Wildman–Crippen MR) is 93.4 cm³/mol. The molecule has 8 heteroatoms. The molecule has 0 aliphatic carbocycles. The fourth-order valence-electron chi connectivity index (χ4n) is 2.81. The van der Waals surface area contributed by atoms with E-state index in [1.165, 1.54) is 0 Å². The van der Waals surface area contributed by atoms with E-state index in [2.05, 4.69) is 25.5 Å². The summed E-state index contributed by atoms with van der Waals surface area (Å²) in [5.74, 6) is 0.608. The van der Waals surface area contributed by atoms with Gasteiger partial charge < -0.3 is 15.3 Å². The Morgan fingerprint density at radius 2 is 2.16 bits per heavy atom. The minimum absolute atomic E-state index is 0.173. The molecule has 3 N–H and O–H groups in total. The molecule has 0 saturated carbocycles. The highest BCUT2D eigenvalue weighted by Crippen LogP contribution is 2.25. The van der Waals surface area contributed by atoms with Gasteiger partial charge in [-0.05, 0) is 32.3 Å². The van der Waals surface area contributed by atoms with Crippen LogP contribution in [0.25, 0.3) is 0 Å². The van der Waals surface area contributed by atoms with Crippen molar-refractivity contribution in [2.24, 2.45) is 0 Å². The van der Waals surface area contributed by atoms with Gasteiger partial charge in [-0.3, -0.25) is 9.89 Å². The Kier molecular flexibility index (Phi) is 4.71. The van der Waals surface area contributed by atoms with Crippen LogP contribution in [0, 0.1) is 13.8 Å². The number of hydrogen-bond acceptors (Lipinski definition) is 6. The Bertz CT molecular complexity index is 753. The summed E-state index contributed by atoms with van der Waals surface area (Å²) >= 11 is 0. The van der Waals surface area contributed by atoms with Crippen molar-refractivity contribution in [3.8, 4) is 0 Å². The summed E-state index contributed by atoms with van der Waals surface area (Å²) in [7, 11) is 0. The summed E-state index contributed by atoms with van der Waals surface area (Å²) in [6.07, 6.45) is 5.07. The summed E-state index contributed by atoms with van der Waals surface area (Å²) in [5.41, 5.74) is 2.04. The molecule has 0 bridgehead atoms. The molecule has 1 fully saturated rings. The lowest BCUT2D eigenvalue weighted by molar-refractivity contribution is -0.0830. The van der Waals surface area contributed by atoms with Crippen LogP contribution in [0.1, 0.15) is 40.8 Å². The maximum atomic E-state index is 12.6. The van der Waals surface area contributed by atoms with Gasteiger partial charge in [-0.15, -0.1) is 0 Å². The van der Waals surface area contributed by atoms with Crippen molar-refractivity contribution >= 4 is 11.7 Å². The Morgan fingerprint density at radius 1 is 1.40 bits per heavy atom. The third-order valence-electron chi connectivity index (χ3n) is 4.76. The molecular formula is C17H24N6O2. The molecule has 3 heterocycles. The fraction of sp³-hybridized carbons (Fsp3) is 0.529. The Hall–Kier alpha value is -2.48. The Labute approximate surface area is 146 Å². The van der Waals surface area contributed by atoms with Gasteiger partial charge in [-0.2, -0.15) is 5.10 Å². The van der Waals surface area contributed by atoms with E-state index in [1.807, 2.05) is 27.0 Å². The minimum atomic E-state index is -0.763. The molecule has 0 atom stereocenters. The van der Waals surface area contributed by atoms with Crippen molar-refractivity contribution in [3.63, 3.8) is 0 Å². The van der Waals surface area contributed by atoms with Crippen molar-refractivity contribution in [1.29, 1.82) is 0 Å². The van der Waals surface area contributed by atoms with E-state index < -0.39 is 5.60 Å². The van der Waals surface area contributed by atoms with Crippen LogP contribution in [0.4, 0.5) is 5.82 Å². The number of aryl methyl sites for hydroxylation is 1. The molecule has 0 aromatic carbocycles. The molecule has 1 aliphatic heterocycles. The zero-order valence-corrected chi connectivity index (χ0v) is 14.8. The van der Waals surface area contributed by atoms with E-state index in [-0.39, 0.29) is 11.7 Å². The molecule has 2 aromatic rings. The number of likely N-dealkylation sites (tertiary alicyclic amines) is 1. The van der Waals surface area contributed by atoms with Crippen molar-refractivity contribution < 1.29 is 9.90 Å². The first-order chi connectivity index (χ1) is 11.9. The van der Waals surface area contributed by atoms with Crippen molar-refractivity contribution in [3.05, 3.63) is 35.0 Å². The average Bonchev–Trinajstić information content (AvgIpc) is 3.08. The van der Waals surface area contributed by atoms with Crippen LogP contribution in [0.3, 0.4) is 0 Å². The first kappa shape index (κ1) is 17.3. The van der Waals surface area contributed by atoms with E-state index in [0.29, 0.717) is 31.9 Å². The number of aliphatic hydroxyl groups is 1. The fourth-order valence-corrected chi connectivity index (χ4v) is 2.81. The topological polar surface area (TPSA) is 107 Å². The van der Waals surface area contributed by atoms with Gasteiger partial charge >= 0.3 is 0 Å². The summed E-state index contributed by atoms with van der Waals surface area (Å²) in [4.78, 5) is 22.9. The molecule has 0 unspecified atom stereocenters. The van der Waals surface area contributed by atoms with E-state index in [0.717, 1.165) is 23.2 Å². The van der Waals surface area contributed by atoms with Gasteiger partial charge in [0, 0.05) is 24.0 Å². The number of hydrogen-bond donors (Lipinski definition) is 3. The average molecular weight is 344 g/mol. The highest BCUT2D eigenvalue weighted by Gasteiger charge is 2.43. The summed E-state index contributed by atoms with van der Waals surface area (Å²) in [6, 6.07) is 0. The second-order valence-corrected chi connectivity index (χ2v) is 6.63. The van der Waals surface area contributed by atoms with Gasteiger partial charge in [-0.25, -0.2) is 9.97 Å². The van der Waals surface area contributed by atoms with E-state index >= 15 is 0 Å². The van der Waals surface area contributed by atoms with Gasteiger partial charge in [0.1, 0.15) is 5.82 Å². The highest BCUT2D eigenvalue weighted by molar-refractivity contribution is 5.91. The molecular weight excluding hydrogens is 320 g/mol. The quantitative estimate of drug-likeness (QED) is 0.723. The monoisotopic (exact) mass is 344 g/mol. The number of nitrogens with zero attached hydrogens (tertiary/aromatic N) is 4. The largest absolute Gasteiger partial charge is 0.386 e. The van der Waals surface area contributed by atoms with E-state index in [9.17, 15) is 9.90 Å².